The molecule has 33 heavy (non-hydrogen) atoms. The summed E-state index contributed by atoms with van der Waals surface area (Å²) in [6.07, 6.45) is 0. The summed E-state index contributed by atoms with van der Waals surface area (Å²) in [4.78, 5) is 22.9. The summed E-state index contributed by atoms with van der Waals surface area (Å²) in [5.41, 5.74) is 6.88. The van der Waals surface area contributed by atoms with Crippen LogP contribution in [0.3, 0.4) is 0 Å². The number of anilines is 1. The second-order valence-corrected chi connectivity index (χ2v) is 8.47. The molecule has 0 unspecified atom stereocenters. The van der Waals surface area contributed by atoms with E-state index in [0.717, 1.165) is 44.0 Å². The van der Waals surface area contributed by atoms with Crippen LogP contribution in [0.15, 0.2) is 84.9 Å². The molecule has 6 rings (SSSR count). The molecule has 158 valence electrons. The van der Waals surface area contributed by atoms with E-state index >= 15 is 0 Å². The first-order valence-electron chi connectivity index (χ1n) is 11.0. The number of carbonyl (C=O) groups is 1. The monoisotopic (exact) mass is 427 g/mol. The van der Waals surface area contributed by atoms with Crippen LogP contribution in [-0.2, 0) is 0 Å². The zero-order valence-corrected chi connectivity index (χ0v) is 18.4. The van der Waals surface area contributed by atoms with Crippen LogP contribution < -0.4 is 5.32 Å². The molecule has 0 bridgehead atoms. The first kappa shape index (κ1) is 19.4. The highest BCUT2D eigenvalue weighted by Gasteiger charge is 2.14. The molecule has 0 saturated carbocycles. The van der Waals surface area contributed by atoms with E-state index in [9.17, 15) is 4.79 Å². The van der Waals surface area contributed by atoms with Crippen LogP contribution >= 0.6 is 0 Å². The quantitative estimate of drug-likeness (QED) is 0.240. The van der Waals surface area contributed by atoms with Crippen LogP contribution in [0.4, 0.5) is 5.69 Å². The van der Waals surface area contributed by atoms with Crippen molar-refractivity contribution >= 4 is 55.2 Å². The number of benzene rings is 5. The Balaban J connectivity index is 1.51. The van der Waals surface area contributed by atoms with Crippen LogP contribution in [0.25, 0.3) is 43.6 Å². The van der Waals surface area contributed by atoms with Gasteiger partial charge in [-0.3, -0.25) is 4.79 Å². The number of hydrogen-bond acceptors (Lipinski definition) is 3. The molecular formula is C29H21N3O. The minimum absolute atomic E-state index is 0.162. The molecule has 1 aromatic heterocycles. The van der Waals surface area contributed by atoms with Gasteiger partial charge in [-0.2, -0.15) is 0 Å². The van der Waals surface area contributed by atoms with Crippen molar-refractivity contribution in [2.75, 3.05) is 5.32 Å². The molecule has 1 N–H and O–H groups in total. The zero-order valence-electron chi connectivity index (χ0n) is 18.4. The van der Waals surface area contributed by atoms with Crippen molar-refractivity contribution < 1.29 is 4.79 Å². The van der Waals surface area contributed by atoms with Crippen molar-refractivity contribution in [3.63, 3.8) is 0 Å². The molecule has 0 radical (unpaired) electrons. The smallest absolute Gasteiger partial charge is 0.255 e. The zero-order chi connectivity index (χ0) is 22.5. The maximum atomic E-state index is 12.9. The Hall–Kier alpha value is -4.31. The first-order valence-corrected chi connectivity index (χ1v) is 11.0. The summed E-state index contributed by atoms with van der Waals surface area (Å²) in [7, 11) is 0. The minimum atomic E-state index is -0.162. The molecule has 0 atom stereocenters. The van der Waals surface area contributed by atoms with Crippen LogP contribution in [0.1, 0.15) is 21.5 Å². The Morgan fingerprint density at radius 1 is 0.636 bits per heavy atom. The molecule has 6 aromatic rings. The van der Waals surface area contributed by atoms with Crippen molar-refractivity contribution in [3.8, 4) is 0 Å². The molecule has 0 fully saturated rings. The van der Waals surface area contributed by atoms with E-state index in [1.54, 1.807) is 0 Å². The van der Waals surface area contributed by atoms with E-state index in [1.807, 2.05) is 61.5 Å². The van der Waals surface area contributed by atoms with Gasteiger partial charge in [-0.1, -0.05) is 54.6 Å². The fraction of sp³-hybridized carbons (Fsp3) is 0.0690. The van der Waals surface area contributed by atoms with Crippen LogP contribution in [0.2, 0.25) is 0 Å². The number of hydrogen-bond donors (Lipinski definition) is 1. The van der Waals surface area contributed by atoms with E-state index in [4.69, 9.17) is 9.97 Å². The summed E-state index contributed by atoms with van der Waals surface area (Å²) in [6, 6.07) is 28.0. The summed E-state index contributed by atoms with van der Waals surface area (Å²) < 4.78 is 0. The van der Waals surface area contributed by atoms with Crippen LogP contribution in [-0.4, -0.2) is 15.9 Å². The third kappa shape index (κ3) is 3.19. The average molecular weight is 428 g/mol. The van der Waals surface area contributed by atoms with E-state index < -0.39 is 0 Å². The minimum Gasteiger partial charge on any atom is -0.322 e. The van der Waals surface area contributed by atoms with Crippen LogP contribution in [0, 0.1) is 13.8 Å². The van der Waals surface area contributed by atoms with E-state index in [1.165, 1.54) is 10.9 Å². The Labute approximate surface area is 190 Å². The fourth-order valence-electron chi connectivity index (χ4n) is 4.44. The van der Waals surface area contributed by atoms with Crippen molar-refractivity contribution in [2.45, 2.75) is 13.8 Å². The fourth-order valence-corrected chi connectivity index (χ4v) is 4.44. The number of rotatable bonds is 2. The number of nitrogens with zero attached hydrogens (tertiary/aromatic N) is 2. The predicted octanol–water partition coefficient (Wildman–Crippen LogP) is 6.96. The van der Waals surface area contributed by atoms with Gasteiger partial charge < -0.3 is 5.32 Å². The highest BCUT2D eigenvalue weighted by Crippen LogP contribution is 2.34. The average Bonchev–Trinajstić information content (AvgIpc) is 2.85. The van der Waals surface area contributed by atoms with Gasteiger partial charge in [0, 0.05) is 22.0 Å². The predicted molar refractivity (Wildman–Crippen MR) is 136 cm³/mol. The molecule has 0 aliphatic carbocycles. The SMILES string of the molecule is Cc1ccc(NC(=O)c2ccc3nc4c5ccccc5c5ccccc5c4nc3c2)cc1C. The lowest BCUT2D eigenvalue weighted by Crippen LogP contribution is -2.12. The van der Waals surface area contributed by atoms with Crippen molar-refractivity contribution in [2.24, 2.45) is 0 Å². The van der Waals surface area contributed by atoms with Gasteiger partial charge in [-0.25, -0.2) is 9.97 Å². The lowest BCUT2D eigenvalue weighted by molar-refractivity contribution is 0.102. The Bertz CT molecular complexity index is 1740. The van der Waals surface area contributed by atoms with Gasteiger partial charge in [0.05, 0.1) is 22.1 Å². The lowest BCUT2D eigenvalue weighted by Gasteiger charge is -2.11. The van der Waals surface area contributed by atoms with Gasteiger partial charge in [0.2, 0.25) is 0 Å². The third-order valence-corrected chi connectivity index (χ3v) is 6.35. The maximum absolute atomic E-state index is 12.9. The summed E-state index contributed by atoms with van der Waals surface area (Å²) in [5.74, 6) is -0.162. The van der Waals surface area contributed by atoms with Crippen molar-refractivity contribution in [1.82, 2.24) is 9.97 Å². The van der Waals surface area contributed by atoms with Crippen molar-refractivity contribution in [3.05, 3.63) is 102 Å². The van der Waals surface area contributed by atoms with Crippen LogP contribution in [0.5, 0.6) is 0 Å². The topological polar surface area (TPSA) is 54.9 Å². The molecular weight excluding hydrogens is 406 g/mol. The summed E-state index contributed by atoms with van der Waals surface area (Å²) >= 11 is 0. The standard InChI is InChI=1S/C29H21N3O/c1-17-11-13-20(15-18(17)2)30-29(33)19-12-14-25-26(16-19)32-28-24-10-6-4-8-22(24)21-7-3-5-9-23(21)27(28)31-25/h3-16H,1-2H3,(H,30,33). The molecule has 0 spiro atoms. The second-order valence-electron chi connectivity index (χ2n) is 8.47. The second kappa shape index (κ2) is 7.38. The molecule has 1 amide bonds. The largest absolute Gasteiger partial charge is 0.322 e. The molecule has 4 nitrogen and oxygen atoms in total. The molecule has 0 aliphatic heterocycles. The van der Waals surface area contributed by atoms with E-state index in [0.29, 0.717) is 11.1 Å². The summed E-state index contributed by atoms with van der Waals surface area (Å²) in [6.45, 7) is 4.09. The number of carbonyl (C=O) groups excluding carboxylic acids is 1. The highest BCUT2D eigenvalue weighted by atomic mass is 16.1. The Morgan fingerprint density at radius 3 is 1.88 bits per heavy atom. The maximum Gasteiger partial charge on any atom is 0.255 e. The first-order chi connectivity index (χ1) is 16.1. The van der Waals surface area contributed by atoms with E-state index in [-0.39, 0.29) is 5.91 Å². The third-order valence-electron chi connectivity index (χ3n) is 6.35. The normalized spacial score (nSPS) is 11.5. The molecule has 5 aromatic carbocycles. The summed E-state index contributed by atoms with van der Waals surface area (Å²) in [5, 5.41) is 7.45. The number of aryl methyl sites for hydroxylation is 2. The number of nitrogens with one attached hydrogen (secondary N) is 1. The lowest BCUT2D eigenvalue weighted by atomic mass is 9.99. The van der Waals surface area contributed by atoms with Gasteiger partial charge in [-0.15, -0.1) is 0 Å². The molecule has 0 aliphatic rings. The number of aromatic nitrogens is 2. The molecule has 0 saturated heterocycles. The Kier molecular flexibility index (Phi) is 4.34. The molecule has 4 heteroatoms. The van der Waals surface area contributed by atoms with Crippen molar-refractivity contribution in [1.29, 1.82) is 0 Å². The number of amides is 1. The van der Waals surface area contributed by atoms with Gasteiger partial charge in [0.1, 0.15) is 0 Å². The molecule has 1 heterocycles. The number of fused-ring (bicyclic) bond motifs is 7. The van der Waals surface area contributed by atoms with Gasteiger partial charge in [0.15, 0.2) is 0 Å². The Morgan fingerprint density at radius 2 is 1.24 bits per heavy atom. The highest BCUT2D eigenvalue weighted by molar-refractivity contribution is 6.23. The van der Waals surface area contributed by atoms with Gasteiger partial charge in [0.25, 0.3) is 5.91 Å². The van der Waals surface area contributed by atoms with Gasteiger partial charge in [-0.05, 0) is 66.1 Å². The van der Waals surface area contributed by atoms with E-state index in [2.05, 4.69) is 42.6 Å². The van der Waals surface area contributed by atoms with Gasteiger partial charge >= 0.3 is 0 Å².